The number of piperidine rings is 1. The predicted octanol–water partition coefficient (Wildman–Crippen LogP) is 2.37. The topological polar surface area (TPSA) is 43.9 Å². The molecule has 24 heavy (non-hydrogen) atoms. The predicted molar refractivity (Wildman–Crippen MR) is 93.7 cm³/mol. The molecule has 0 aromatic heterocycles. The van der Waals surface area contributed by atoms with Crippen LogP contribution in [0.25, 0.3) is 0 Å². The van der Waals surface area contributed by atoms with Crippen LogP contribution in [0.1, 0.15) is 31.7 Å². The molecule has 1 spiro atoms. The first-order valence-corrected chi connectivity index (χ1v) is 8.94. The first-order chi connectivity index (χ1) is 11.6. The van der Waals surface area contributed by atoms with Crippen LogP contribution in [-0.4, -0.2) is 65.4 Å². The minimum atomic E-state index is -0.613. The van der Waals surface area contributed by atoms with Crippen LogP contribution in [0.3, 0.4) is 0 Å². The summed E-state index contributed by atoms with van der Waals surface area (Å²) in [6, 6.07) is 9.88. The van der Waals surface area contributed by atoms with Crippen LogP contribution < -0.4 is 0 Å². The maximum atomic E-state index is 13.0. The van der Waals surface area contributed by atoms with E-state index < -0.39 is 5.54 Å². The van der Waals surface area contributed by atoms with Crippen LogP contribution in [0.4, 0.5) is 4.79 Å². The van der Waals surface area contributed by atoms with Crippen LogP contribution in [0.5, 0.6) is 0 Å². The van der Waals surface area contributed by atoms with Gasteiger partial charge >= 0.3 is 6.03 Å². The van der Waals surface area contributed by atoms with Crippen molar-refractivity contribution in [3.63, 3.8) is 0 Å². The number of amides is 3. The quantitative estimate of drug-likeness (QED) is 0.779. The van der Waals surface area contributed by atoms with Gasteiger partial charge in [0.15, 0.2) is 0 Å². The monoisotopic (exact) mass is 329 g/mol. The van der Waals surface area contributed by atoms with Gasteiger partial charge in [-0.3, -0.25) is 9.69 Å². The van der Waals surface area contributed by atoms with E-state index in [1.165, 1.54) is 4.90 Å². The highest BCUT2D eigenvalue weighted by Gasteiger charge is 2.56. The van der Waals surface area contributed by atoms with Crippen molar-refractivity contribution in [2.75, 3.05) is 33.2 Å². The second-order valence-electron chi connectivity index (χ2n) is 6.91. The second kappa shape index (κ2) is 6.93. The lowest BCUT2D eigenvalue weighted by Crippen LogP contribution is -2.55. The number of likely N-dealkylation sites (N-methyl/N-ethyl adjacent to an activating group) is 1. The van der Waals surface area contributed by atoms with E-state index in [0.29, 0.717) is 13.0 Å². The van der Waals surface area contributed by atoms with Crippen molar-refractivity contribution < 1.29 is 9.59 Å². The fraction of sp³-hybridized carbons (Fsp3) is 0.579. The summed E-state index contributed by atoms with van der Waals surface area (Å²) in [6.07, 6.45) is 3.33. The number of likely N-dealkylation sites (tertiary alicyclic amines) is 1. The zero-order valence-corrected chi connectivity index (χ0v) is 14.7. The van der Waals surface area contributed by atoms with Gasteiger partial charge in [-0.1, -0.05) is 37.3 Å². The van der Waals surface area contributed by atoms with Gasteiger partial charge < -0.3 is 9.80 Å². The highest BCUT2D eigenvalue weighted by atomic mass is 16.2. The number of nitrogens with zero attached hydrogens (tertiary/aromatic N) is 3. The van der Waals surface area contributed by atoms with Crippen molar-refractivity contribution in [1.29, 1.82) is 0 Å². The third-order valence-corrected chi connectivity index (χ3v) is 5.49. The molecule has 1 aromatic rings. The van der Waals surface area contributed by atoms with Crippen molar-refractivity contribution >= 4 is 11.9 Å². The number of imide groups is 1. The number of carbonyl (C=O) groups excluding carboxylic acids is 2. The molecule has 0 aliphatic carbocycles. The van der Waals surface area contributed by atoms with E-state index in [1.807, 2.05) is 30.3 Å². The molecular weight excluding hydrogens is 302 g/mol. The first-order valence-electron chi connectivity index (χ1n) is 8.94. The van der Waals surface area contributed by atoms with Gasteiger partial charge in [0.05, 0.1) is 0 Å². The molecule has 0 radical (unpaired) electrons. The zero-order chi connectivity index (χ0) is 17.2. The van der Waals surface area contributed by atoms with Crippen molar-refractivity contribution in [3.05, 3.63) is 35.9 Å². The summed E-state index contributed by atoms with van der Waals surface area (Å²) < 4.78 is 0. The van der Waals surface area contributed by atoms with Crippen LogP contribution in [0.2, 0.25) is 0 Å². The van der Waals surface area contributed by atoms with Crippen molar-refractivity contribution in [1.82, 2.24) is 14.7 Å². The fourth-order valence-corrected chi connectivity index (χ4v) is 3.94. The molecule has 1 aromatic carbocycles. The average molecular weight is 329 g/mol. The molecular formula is C19H27N3O2. The Bertz CT molecular complexity index is 594. The van der Waals surface area contributed by atoms with Gasteiger partial charge in [-0.25, -0.2) is 4.79 Å². The summed E-state index contributed by atoms with van der Waals surface area (Å²) in [7, 11) is 1.79. The molecule has 0 saturated carbocycles. The first kappa shape index (κ1) is 17.0. The minimum Gasteiger partial charge on any atom is -0.312 e. The van der Waals surface area contributed by atoms with E-state index in [4.69, 9.17) is 0 Å². The summed E-state index contributed by atoms with van der Waals surface area (Å²) in [6.45, 7) is 5.49. The summed E-state index contributed by atoms with van der Waals surface area (Å²) in [5.74, 6) is 0.00193. The molecule has 0 unspecified atom stereocenters. The molecule has 2 aliphatic rings. The molecule has 5 nitrogen and oxygen atoms in total. The number of urea groups is 1. The molecule has 3 rings (SSSR count). The SMILES string of the molecule is CCCN1CCC2(CC1)C(=O)N(CCc1ccccc1)C(=O)N2C. The zero-order valence-electron chi connectivity index (χ0n) is 14.7. The van der Waals surface area contributed by atoms with E-state index >= 15 is 0 Å². The summed E-state index contributed by atoms with van der Waals surface area (Å²) in [5, 5.41) is 0. The molecule has 5 heteroatoms. The van der Waals surface area contributed by atoms with Gasteiger partial charge in [0.1, 0.15) is 5.54 Å². The molecule has 0 bridgehead atoms. The molecule has 0 N–H and O–H groups in total. The minimum absolute atomic E-state index is 0.00193. The van der Waals surface area contributed by atoms with E-state index in [0.717, 1.165) is 44.5 Å². The number of hydrogen-bond acceptors (Lipinski definition) is 3. The highest BCUT2D eigenvalue weighted by molar-refractivity contribution is 6.07. The molecule has 2 saturated heterocycles. The Morgan fingerprint density at radius 2 is 1.71 bits per heavy atom. The Morgan fingerprint density at radius 3 is 2.33 bits per heavy atom. The van der Waals surface area contributed by atoms with Gasteiger partial charge in [0, 0.05) is 26.7 Å². The van der Waals surface area contributed by atoms with Crippen LogP contribution >= 0.6 is 0 Å². The maximum Gasteiger partial charge on any atom is 0.327 e. The molecule has 2 heterocycles. The lowest BCUT2D eigenvalue weighted by Gasteiger charge is -2.40. The van der Waals surface area contributed by atoms with Gasteiger partial charge in [-0.05, 0) is 37.8 Å². The molecule has 0 atom stereocenters. The molecule has 3 amide bonds. The van der Waals surface area contributed by atoms with E-state index in [-0.39, 0.29) is 11.9 Å². The Balaban J connectivity index is 1.68. The van der Waals surface area contributed by atoms with E-state index in [2.05, 4.69) is 11.8 Å². The summed E-state index contributed by atoms with van der Waals surface area (Å²) >= 11 is 0. The molecule has 2 fully saturated rings. The number of benzene rings is 1. The second-order valence-corrected chi connectivity index (χ2v) is 6.91. The van der Waals surface area contributed by atoms with Crippen LogP contribution in [-0.2, 0) is 11.2 Å². The Kier molecular flexibility index (Phi) is 4.90. The Morgan fingerprint density at radius 1 is 1.04 bits per heavy atom. The van der Waals surface area contributed by atoms with Crippen molar-refractivity contribution in [2.24, 2.45) is 0 Å². The molecule has 130 valence electrons. The normalized spacial score (nSPS) is 21.1. The van der Waals surface area contributed by atoms with Crippen molar-refractivity contribution in [3.8, 4) is 0 Å². The van der Waals surface area contributed by atoms with Crippen molar-refractivity contribution in [2.45, 2.75) is 38.1 Å². The lowest BCUT2D eigenvalue weighted by atomic mass is 9.86. The number of rotatable bonds is 5. The third-order valence-electron chi connectivity index (χ3n) is 5.49. The largest absolute Gasteiger partial charge is 0.327 e. The lowest BCUT2D eigenvalue weighted by molar-refractivity contribution is -0.135. The Hall–Kier alpha value is -1.88. The maximum absolute atomic E-state index is 13.0. The third kappa shape index (κ3) is 2.93. The number of carbonyl (C=O) groups is 2. The van der Waals surface area contributed by atoms with E-state index in [1.54, 1.807) is 11.9 Å². The molecule has 2 aliphatic heterocycles. The average Bonchev–Trinajstić information content (AvgIpc) is 2.78. The summed E-state index contributed by atoms with van der Waals surface area (Å²) in [5.41, 5.74) is 0.539. The standard InChI is InChI=1S/C19H27N3O2/c1-3-12-21-14-10-19(11-15-21)17(23)22(18(24)20(19)2)13-9-16-7-5-4-6-8-16/h4-8H,3,9-15H2,1-2H3. The van der Waals surface area contributed by atoms with E-state index in [9.17, 15) is 9.59 Å². The fourth-order valence-electron chi connectivity index (χ4n) is 3.94. The van der Waals surface area contributed by atoms with Gasteiger partial charge in [0.25, 0.3) is 5.91 Å². The summed E-state index contributed by atoms with van der Waals surface area (Å²) in [4.78, 5) is 31.2. The van der Waals surface area contributed by atoms with Gasteiger partial charge in [-0.2, -0.15) is 0 Å². The highest BCUT2D eigenvalue weighted by Crippen LogP contribution is 2.36. The van der Waals surface area contributed by atoms with Gasteiger partial charge in [0.2, 0.25) is 0 Å². The van der Waals surface area contributed by atoms with Crippen LogP contribution in [0.15, 0.2) is 30.3 Å². The smallest absolute Gasteiger partial charge is 0.312 e. The van der Waals surface area contributed by atoms with Gasteiger partial charge in [-0.15, -0.1) is 0 Å². The Labute approximate surface area is 144 Å². The number of hydrogen-bond donors (Lipinski definition) is 0. The van der Waals surface area contributed by atoms with Crippen LogP contribution in [0, 0.1) is 0 Å².